The maximum absolute atomic E-state index is 11.8. The first kappa shape index (κ1) is 12.7. The van der Waals surface area contributed by atoms with Crippen LogP contribution in [0.3, 0.4) is 0 Å². The molecule has 1 aromatic rings. The van der Waals surface area contributed by atoms with Crippen molar-refractivity contribution in [2.24, 2.45) is 5.73 Å². The van der Waals surface area contributed by atoms with Gasteiger partial charge in [-0.2, -0.15) is 0 Å². The molecule has 3 N–H and O–H groups in total. The summed E-state index contributed by atoms with van der Waals surface area (Å²) < 4.78 is 4.86. The van der Waals surface area contributed by atoms with Crippen LogP contribution in [0.2, 0.25) is 0 Å². The fraction of sp³-hybridized carbons (Fsp3) is 0.417. The Morgan fingerprint density at radius 3 is 2.62 bits per heavy atom. The molecule has 0 aromatic heterocycles. The highest BCUT2D eigenvalue weighted by atomic mass is 16.5. The zero-order chi connectivity index (χ0) is 12.0. The molecule has 4 nitrogen and oxygen atoms in total. The molecule has 0 fully saturated rings. The number of carbonyl (C=O) groups excluding carboxylic acids is 1. The Hall–Kier alpha value is -1.39. The van der Waals surface area contributed by atoms with Gasteiger partial charge in [-0.15, -0.1) is 0 Å². The second-order valence-electron chi connectivity index (χ2n) is 3.82. The van der Waals surface area contributed by atoms with E-state index in [-0.39, 0.29) is 5.91 Å². The summed E-state index contributed by atoms with van der Waals surface area (Å²) in [5.74, 6) is -0.198. The van der Waals surface area contributed by atoms with Gasteiger partial charge in [0.2, 0.25) is 5.91 Å². The average Bonchev–Trinajstić information content (AvgIpc) is 2.30. The van der Waals surface area contributed by atoms with Gasteiger partial charge in [0.1, 0.15) is 5.54 Å². The average molecular weight is 222 g/mol. The smallest absolute Gasteiger partial charge is 0.244 e. The second-order valence-corrected chi connectivity index (χ2v) is 3.82. The minimum Gasteiger partial charge on any atom is -0.383 e. The Labute approximate surface area is 95.8 Å². The van der Waals surface area contributed by atoms with Crippen molar-refractivity contribution in [3.63, 3.8) is 0 Å². The number of rotatable bonds is 5. The molecule has 88 valence electrons. The van der Waals surface area contributed by atoms with Gasteiger partial charge in [-0.3, -0.25) is 4.79 Å². The van der Waals surface area contributed by atoms with Gasteiger partial charge in [0.15, 0.2) is 0 Å². The van der Waals surface area contributed by atoms with E-state index in [1.54, 1.807) is 14.0 Å². The second kappa shape index (κ2) is 5.63. The summed E-state index contributed by atoms with van der Waals surface area (Å²) in [5.41, 5.74) is 5.80. The van der Waals surface area contributed by atoms with Crippen molar-refractivity contribution in [1.82, 2.24) is 5.32 Å². The molecule has 0 aliphatic carbocycles. The molecule has 0 saturated carbocycles. The largest absolute Gasteiger partial charge is 0.383 e. The Morgan fingerprint density at radius 1 is 1.44 bits per heavy atom. The molecule has 1 amide bonds. The van der Waals surface area contributed by atoms with Gasteiger partial charge in [-0.25, -0.2) is 0 Å². The molecule has 0 heterocycles. The molecule has 1 unspecified atom stereocenters. The molecule has 0 aliphatic heterocycles. The topological polar surface area (TPSA) is 64.3 Å². The molecule has 0 spiro atoms. The number of ether oxygens (including phenoxy) is 1. The first-order valence-corrected chi connectivity index (χ1v) is 5.20. The maximum Gasteiger partial charge on any atom is 0.244 e. The SMILES string of the molecule is COCCNC(=O)C(C)(N)c1ccccc1. The van der Waals surface area contributed by atoms with E-state index in [0.29, 0.717) is 13.2 Å². The Balaban J connectivity index is 2.66. The van der Waals surface area contributed by atoms with Crippen LogP contribution in [0, 0.1) is 0 Å². The van der Waals surface area contributed by atoms with Crippen LogP contribution in [0.5, 0.6) is 0 Å². The number of carbonyl (C=O) groups is 1. The predicted octanol–water partition coefficient (Wildman–Crippen LogP) is 0.623. The summed E-state index contributed by atoms with van der Waals surface area (Å²) in [7, 11) is 1.59. The van der Waals surface area contributed by atoms with Gasteiger partial charge < -0.3 is 15.8 Å². The highest BCUT2D eigenvalue weighted by molar-refractivity contribution is 5.86. The molecule has 16 heavy (non-hydrogen) atoms. The van der Waals surface area contributed by atoms with Crippen LogP contribution < -0.4 is 11.1 Å². The summed E-state index contributed by atoms with van der Waals surface area (Å²) in [5, 5.41) is 2.73. The van der Waals surface area contributed by atoms with Crippen LogP contribution >= 0.6 is 0 Å². The van der Waals surface area contributed by atoms with E-state index in [9.17, 15) is 4.79 Å². The van der Waals surface area contributed by atoms with Crippen molar-refractivity contribution >= 4 is 5.91 Å². The van der Waals surface area contributed by atoms with Crippen molar-refractivity contribution < 1.29 is 9.53 Å². The zero-order valence-corrected chi connectivity index (χ0v) is 9.69. The molecule has 0 saturated heterocycles. The quantitative estimate of drug-likeness (QED) is 0.718. The summed E-state index contributed by atoms with van der Waals surface area (Å²) in [4.78, 5) is 11.8. The lowest BCUT2D eigenvalue weighted by molar-refractivity contribution is -0.126. The summed E-state index contributed by atoms with van der Waals surface area (Å²) >= 11 is 0. The van der Waals surface area contributed by atoms with Crippen LogP contribution in [-0.4, -0.2) is 26.2 Å². The maximum atomic E-state index is 11.8. The van der Waals surface area contributed by atoms with E-state index in [0.717, 1.165) is 5.56 Å². The summed E-state index contributed by atoms with van der Waals surface area (Å²) in [6.45, 7) is 2.65. The molecular formula is C12H18N2O2. The third-order valence-electron chi connectivity index (χ3n) is 2.44. The van der Waals surface area contributed by atoms with Crippen molar-refractivity contribution in [3.05, 3.63) is 35.9 Å². The zero-order valence-electron chi connectivity index (χ0n) is 9.69. The standard InChI is InChI=1S/C12H18N2O2/c1-12(13,10-6-4-3-5-7-10)11(15)14-8-9-16-2/h3-7H,8-9,13H2,1-2H3,(H,14,15). The first-order chi connectivity index (χ1) is 7.59. The van der Waals surface area contributed by atoms with E-state index in [1.807, 2.05) is 30.3 Å². The molecule has 0 bridgehead atoms. The number of nitrogens with one attached hydrogen (secondary N) is 1. The molecule has 1 atom stereocenters. The Kier molecular flexibility index (Phi) is 4.46. The Bertz CT molecular complexity index is 336. The van der Waals surface area contributed by atoms with Crippen LogP contribution in [0.1, 0.15) is 12.5 Å². The lowest BCUT2D eigenvalue weighted by Gasteiger charge is -2.23. The van der Waals surface area contributed by atoms with Gasteiger partial charge in [-0.05, 0) is 12.5 Å². The van der Waals surface area contributed by atoms with Gasteiger partial charge in [0.25, 0.3) is 0 Å². The third kappa shape index (κ3) is 3.05. The van der Waals surface area contributed by atoms with Crippen molar-refractivity contribution in [2.45, 2.75) is 12.5 Å². The van der Waals surface area contributed by atoms with Gasteiger partial charge in [0.05, 0.1) is 6.61 Å². The van der Waals surface area contributed by atoms with Gasteiger partial charge >= 0.3 is 0 Å². The molecular weight excluding hydrogens is 204 g/mol. The molecule has 0 radical (unpaired) electrons. The number of amides is 1. The number of hydrogen-bond donors (Lipinski definition) is 2. The van der Waals surface area contributed by atoms with Crippen LogP contribution in [0.4, 0.5) is 0 Å². The minimum absolute atomic E-state index is 0.198. The number of nitrogens with two attached hydrogens (primary N) is 1. The van der Waals surface area contributed by atoms with Crippen molar-refractivity contribution in [1.29, 1.82) is 0 Å². The van der Waals surface area contributed by atoms with E-state index in [4.69, 9.17) is 10.5 Å². The summed E-state index contributed by atoms with van der Waals surface area (Å²) in [6, 6.07) is 9.31. The van der Waals surface area contributed by atoms with Crippen LogP contribution in [0.15, 0.2) is 30.3 Å². The normalized spacial score (nSPS) is 14.2. The van der Waals surface area contributed by atoms with Gasteiger partial charge in [-0.1, -0.05) is 30.3 Å². The van der Waals surface area contributed by atoms with Crippen LogP contribution in [0.25, 0.3) is 0 Å². The fourth-order valence-electron chi connectivity index (χ4n) is 1.37. The fourth-order valence-corrected chi connectivity index (χ4v) is 1.37. The lowest BCUT2D eigenvalue weighted by atomic mass is 9.92. The molecule has 4 heteroatoms. The highest BCUT2D eigenvalue weighted by Gasteiger charge is 2.29. The van der Waals surface area contributed by atoms with Crippen molar-refractivity contribution in [3.8, 4) is 0 Å². The van der Waals surface area contributed by atoms with Crippen LogP contribution in [-0.2, 0) is 15.1 Å². The molecule has 1 aromatic carbocycles. The van der Waals surface area contributed by atoms with E-state index >= 15 is 0 Å². The number of benzene rings is 1. The predicted molar refractivity (Wildman–Crippen MR) is 62.9 cm³/mol. The number of methoxy groups -OCH3 is 1. The lowest BCUT2D eigenvalue weighted by Crippen LogP contribution is -2.49. The first-order valence-electron chi connectivity index (χ1n) is 5.20. The Morgan fingerprint density at radius 2 is 2.06 bits per heavy atom. The minimum atomic E-state index is -1.00. The summed E-state index contributed by atoms with van der Waals surface area (Å²) in [6.07, 6.45) is 0. The molecule has 1 rings (SSSR count). The molecule has 0 aliphatic rings. The van der Waals surface area contributed by atoms with E-state index in [1.165, 1.54) is 0 Å². The van der Waals surface area contributed by atoms with Gasteiger partial charge in [0, 0.05) is 13.7 Å². The third-order valence-corrected chi connectivity index (χ3v) is 2.44. The van der Waals surface area contributed by atoms with Crippen molar-refractivity contribution in [2.75, 3.05) is 20.3 Å². The van der Waals surface area contributed by atoms with E-state index < -0.39 is 5.54 Å². The monoisotopic (exact) mass is 222 g/mol. The van der Waals surface area contributed by atoms with E-state index in [2.05, 4.69) is 5.32 Å². The highest BCUT2D eigenvalue weighted by Crippen LogP contribution is 2.16. The number of hydrogen-bond acceptors (Lipinski definition) is 3.